The lowest BCUT2D eigenvalue weighted by molar-refractivity contribution is -0.114. The first-order chi connectivity index (χ1) is 3.18. The van der Waals surface area contributed by atoms with Gasteiger partial charge in [-0.1, -0.05) is 6.58 Å². The summed E-state index contributed by atoms with van der Waals surface area (Å²) in [5.74, 6) is -0.630. The molecule has 0 aliphatic carbocycles. The molecule has 0 aromatic heterocycles. The first-order valence-corrected chi connectivity index (χ1v) is 1.64. The maximum Gasteiger partial charge on any atom is 0.266 e. The molecule has 0 atom stereocenters. The van der Waals surface area contributed by atoms with E-state index in [1.807, 2.05) is 0 Å². The molecule has 0 radical (unpaired) electrons. The van der Waals surface area contributed by atoms with Crippen LogP contribution in [0.5, 0.6) is 0 Å². The number of aliphatic imine (C=N–C) groups is 1. The lowest BCUT2D eigenvalue weighted by Gasteiger charge is -1.84. The zero-order chi connectivity index (χ0) is 5.86. The molecule has 38 valence electrons. The fraction of sp³-hybridized carbons (Fsp3) is 0. The first kappa shape index (κ1) is 5.88. The van der Waals surface area contributed by atoms with Crippen molar-refractivity contribution < 1.29 is 4.79 Å². The van der Waals surface area contributed by atoms with Gasteiger partial charge in [0.1, 0.15) is 5.70 Å². The summed E-state index contributed by atoms with van der Waals surface area (Å²) >= 11 is 0. The van der Waals surface area contributed by atoms with Crippen LogP contribution in [0.15, 0.2) is 17.3 Å². The zero-order valence-electron chi connectivity index (χ0n) is 3.85. The highest BCUT2D eigenvalue weighted by molar-refractivity contribution is 5.91. The number of carbonyl (C=O) groups is 1. The lowest BCUT2D eigenvalue weighted by atomic mass is 10.5. The predicted octanol–water partition coefficient (Wildman–Crippen LogP) is -0.314. The average molecular weight is 98.1 g/mol. The Morgan fingerprint density at radius 2 is 2.14 bits per heavy atom. The summed E-state index contributed by atoms with van der Waals surface area (Å²) in [4.78, 5) is 13.1. The zero-order valence-corrected chi connectivity index (χ0v) is 3.85. The van der Waals surface area contributed by atoms with Crippen LogP contribution in [0.3, 0.4) is 0 Å². The summed E-state index contributed by atoms with van der Waals surface area (Å²) in [6.07, 6.45) is 0. The van der Waals surface area contributed by atoms with E-state index in [1.165, 1.54) is 0 Å². The van der Waals surface area contributed by atoms with Gasteiger partial charge in [-0.15, -0.1) is 0 Å². The van der Waals surface area contributed by atoms with E-state index in [1.54, 1.807) is 0 Å². The molecule has 3 heteroatoms. The molecule has 0 aromatic rings. The fourth-order valence-corrected chi connectivity index (χ4v) is 0.0779. The van der Waals surface area contributed by atoms with E-state index in [2.05, 4.69) is 24.0 Å². The van der Waals surface area contributed by atoms with Crippen LogP contribution in [0.4, 0.5) is 0 Å². The number of hydrogen-bond donors (Lipinski definition) is 1. The number of rotatable bonds is 2. The Bertz CT molecular complexity index is 117. The van der Waals surface area contributed by atoms with E-state index in [-0.39, 0.29) is 5.70 Å². The molecule has 0 aliphatic rings. The number of hydrogen-bond acceptors (Lipinski definition) is 2. The molecule has 7 heavy (non-hydrogen) atoms. The Hall–Kier alpha value is -1.12. The molecular weight excluding hydrogens is 92.1 g/mol. The van der Waals surface area contributed by atoms with Crippen LogP contribution in [0.25, 0.3) is 0 Å². The molecule has 3 nitrogen and oxygen atoms in total. The standard InChI is InChI=1S/C4H6N2O/c1-3(6-2)4(5)7/h1-2H2,(H2,5,7). The minimum Gasteiger partial charge on any atom is -0.364 e. The van der Waals surface area contributed by atoms with Crippen LogP contribution in [-0.4, -0.2) is 12.6 Å². The molecule has 0 rings (SSSR count). The summed E-state index contributed by atoms with van der Waals surface area (Å²) in [6.45, 7) is 6.20. The van der Waals surface area contributed by atoms with Crippen molar-refractivity contribution in [3.05, 3.63) is 12.3 Å². The molecule has 0 saturated heterocycles. The van der Waals surface area contributed by atoms with E-state index >= 15 is 0 Å². The summed E-state index contributed by atoms with van der Waals surface area (Å²) in [6, 6.07) is 0. The molecule has 0 aromatic carbocycles. The van der Waals surface area contributed by atoms with Gasteiger partial charge in [-0.3, -0.25) is 9.79 Å². The monoisotopic (exact) mass is 98.0 g/mol. The van der Waals surface area contributed by atoms with Crippen molar-refractivity contribution in [1.29, 1.82) is 0 Å². The Balaban J connectivity index is 3.81. The molecule has 1 amide bonds. The van der Waals surface area contributed by atoms with Gasteiger partial charge in [0.15, 0.2) is 0 Å². The van der Waals surface area contributed by atoms with E-state index in [0.717, 1.165) is 0 Å². The second-order valence-corrected chi connectivity index (χ2v) is 0.969. The van der Waals surface area contributed by atoms with Crippen molar-refractivity contribution in [2.75, 3.05) is 0 Å². The largest absolute Gasteiger partial charge is 0.364 e. The summed E-state index contributed by atoms with van der Waals surface area (Å²) < 4.78 is 0. The highest BCUT2D eigenvalue weighted by atomic mass is 16.1. The van der Waals surface area contributed by atoms with Crippen LogP contribution >= 0.6 is 0 Å². The van der Waals surface area contributed by atoms with Gasteiger partial charge in [-0.25, -0.2) is 0 Å². The van der Waals surface area contributed by atoms with Crippen LogP contribution in [0, 0.1) is 0 Å². The first-order valence-electron chi connectivity index (χ1n) is 1.64. The minimum atomic E-state index is -0.630. The minimum absolute atomic E-state index is 0.000000000000000222. The summed E-state index contributed by atoms with van der Waals surface area (Å²) in [5.41, 5.74) is 4.67. The van der Waals surface area contributed by atoms with Crippen molar-refractivity contribution in [3.8, 4) is 0 Å². The topological polar surface area (TPSA) is 55.4 Å². The normalized spacial score (nSPS) is 7.43. The third kappa shape index (κ3) is 1.70. The number of carbonyl (C=O) groups excluding carboxylic acids is 1. The van der Waals surface area contributed by atoms with Crippen molar-refractivity contribution in [2.24, 2.45) is 10.7 Å². The predicted molar refractivity (Wildman–Crippen MR) is 27.9 cm³/mol. The Morgan fingerprint density at radius 3 is 2.14 bits per heavy atom. The molecule has 0 spiro atoms. The van der Waals surface area contributed by atoms with Gasteiger partial charge in [-0.05, 0) is 6.72 Å². The van der Waals surface area contributed by atoms with Crippen LogP contribution in [-0.2, 0) is 4.79 Å². The summed E-state index contributed by atoms with van der Waals surface area (Å²) in [5, 5.41) is 0. The van der Waals surface area contributed by atoms with Gasteiger partial charge >= 0.3 is 0 Å². The Morgan fingerprint density at radius 1 is 1.71 bits per heavy atom. The molecule has 0 fully saturated rings. The van der Waals surface area contributed by atoms with Crippen molar-refractivity contribution in [2.45, 2.75) is 0 Å². The van der Waals surface area contributed by atoms with Crippen molar-refractivity contribution in [3.63, 3.8) is 0 Å². The van der Waals surface area contributed by atoms with Crippen LogP contribution < -0.4 is 5.73 Å². The van der Waals surface area contributed by atoms with Gasteiger partial charge in [0.2, 0.25) is 0 Å². The fourth-order valence-electron chi connectivity index (χ4n) is 0.0779. The number of amides is 1. The average Bonchev–Trinajstić information content (AvgIpc) is 1.65. The van der Waals surface area contributed by atoms with E-state index < -0.39 is 5.91 Å². The Kier molecular flexibility index (Phi) is 1.78. The number of primary amides is 1. The molecular formula is C4H6N2O. The lowest BCUT2D eigenvalue weighted by Crippen LogP contribution is -2.10. The van der Waals surface area contributed by atoms with Gasteiger partial charge in [-0.2, -0.15) is 0 Å². The molecule has 0 unspecified atom stereocenters. The maximum atomic E-state index is 9.92. The van der Waals surface area contributed by atoms with Crippen molar-refractivity contribution >= 4 is 12.6 Å². The second-order valence-electron chi connectivity index (χ2n) is 0.969. The molecule has 0 saturated carbocycles. The molecule has 0 heterocycles. The number of nitrogens with two attached hydrogens (primary N) is 1. The Labute approximate surface area is 41.5 Å². The SMILES string of the molecule is C=NC(=C)C(N)=O. The number of nitrogens with zero attached hydrogens (tertiary/aromatic N) is 1. The van der Waals surface area contributed by atoms with Gasteiger partial charge in [0.05, 0.1) is 0 Å². The second kappa shape index (κ2) is 2.12. The van der Waals surface area contributed by atoms with Crippen LogP contribution in [0.2, 0.25) is 0 Å². The quantitative estimate of drug-likeness (QED) is 0.373. The highest BCUT2D eigenvalue weighted by Gasteiger charge is 1.92. The van der Waals surface area contributed by atoms with E-state index in [9.17, 15) is 4.79 Å². The van der Waals surface area contributed by atoms with Gasteiger partial charge in [0.25, 0.3) is 5.91 Å². The van der Waals surface area contributed by atoms with Crippen LogP contribution in [0.1, 0.15) is 0 Å². The van der Waals surface area contributed by atoms with Crippen molar-refractivity contribution in [1.82, 2.24) is 0 Å². The van der Waals surface area contributed by atoms with E-state index in [4.69, 9.17) is 0 Å². The van der Waals surface area contributed by atoms with Gasteiger partial charge < -0.3 is 5.73 Å². The third-order valence-corrected chi connectivity index (χ3v) is 0.475. The van der Waals surface area contributed by atoms with E-state index in [0.29, 0.717) is 0 Å². The summed E-state index contributed by atoms with van der Waals surface area (Å²) in [7, 11) is 0. The third-order valence-electron chi connectivity index (χ3n) is 0.475. The maximum absolute atomic E-state index is 9.92. The molecule has 2 N–H and O–H groups in total. The van der Waals surface area contributed by atoms with Gasteiger partial charge in [0, 0.05) is 0 Å². The molecule has 0 bridgehead atoms. The molecule has 0 aliphatic heterocycles. The smallest absolute Gasteiger partial charge is 0.266 e. The highest BCUT2D eigenvalue weighted by Crippen LogP contribution is 1.83.